The van der Waals surface area contributed by atoms with Crippen molar-refractivity contribution in [1.29, 1.82) is 0 Å². The second kappa shape index (κ2) is 6.34. The van der Waals surface area contributed by atoms with E-state index in [1.165, 1.54) is 5.56 Å². The highest BCUT2D eigenvalue weighted by Crippen LogP contribution is 2.21. The van der Waals surface area contributed by atoms with Crippen molar-refractivity contribution in [3.8, 4) is 5.75 Å². The molecule has 1 N–H and O–H groups in total. The van der Waals surface area contributed by atoms with Gasteiger partial charge in [-0.2, -0.15) is 0 Å². The van der Waals surface area contributed by atoms with E-state index >= 15 is 0 Å². The number of ether oxygens (including phenoxy) is 1. The maximum Gasteiger partial charge on any atom is 0.119 e. The summed E-state index contributed by atoms with van der Waals surface area (Å²) in [6.45, 7) is 2.10. The van der Waals surface area contributed by atoms with Crippen molar-refractivity contribution >= 4 is 0 Å². The molecule has 0 spiro atoms. The van der Waals surface area contributed by atoms with Gasteiger partial charge in [0, 0.05) is 18.3 Å². The molecule has 0 amide bonds. The number of pyridine rings is 1. The number of aromatic nitrogens is 1. The summed E-state index contributed by atoms with van der Waals surface area (Å²) in [6, 6.07) is 11.5. The van der Waals surface area contributed by atoms with Crippen LogP contribution in [-0.4, -0.2) is 17.2 Å². The molecule has 0 saturated heterocycles. The van der Waals surface area contributed by atoms with Crippen molar-refractivity contribution in [2.45, 2.75) is 25.9 Å². The zero-order valence-corrected chi connectivity index (χ0v) is 11.3. The number of methoxy groups -OCH3 is 1. The highest BCUT2D eigenvalue weighted by atomic mass is 16.5. The second-order valence-corrected chi connectivity index (χ2v) is 4.51. The first-order valence-electron chi connectivity index (χ1n) is 6.48. The van der Waals surface area contributed by atoms with E-state index in [0.29, 0.717) is 6.42 Å². The molecule has 19 heavy (non-hydrogen) atoms. The summed E-state index contributed by atoms with van der Waals surface area (Å²) < 4.78 is 5.16. The average molecular weight is 257 g/mol. The van der Waals surface area contributed by atoms with Crippen LogP contribution >= 0.6 is 0 Å². The van der Waals surface area contributed by atoms with Gasteiger partial charge in [-0.05, 0) is 35.7 Å². The van der Waals surface area contributed by atoms with Crippen LogP contribution in [0.2, 0.25) is 0 Å². The molecule has 100 valence electrons. The predicted octanol–water partition coefficient (Wildman–Crippen LogP) is 2.93. The largest absolute Gasteiger partial charge is 0.497 e. The monoisotopic (exact) mass is 257 g/mol. The zero-order chi connectivity index (χ0) is 13.7. The Labute approximate surface area is 113 Å². The smallest absolute Gasteiger partial charge is 0.119 e. The van der Waals surface area contributed by atoms with Gasteiger partial charge >= 0.3 is 0 Å². The van der Waals surface area contributed by atoms with Gasteiger partial charge < -0.3 is 9.84 Å². The molecule has 1 unspecified atom stereocenters. The van der Waals surface area contributed by atoms with Crippen molar-refractivity contribution in [1.82, 2.24) is 4.98 Å². The number of benzene rings is 1. The number of rotatable bonds is 5. The third-order valence-electron chi connectivity index (χ3n) is 3.18. The average Bonchev–Trinajstić information content (AvgIpc) is 2.48. The standard InChI is InChI=1S/C16H19NO2/c1-3-12-7-8-14(17-11-12)10-16(18)13-5-4-6-15(9-13)19-2/h4-9,11,16,18H,3,10H2,1-2H3. The minimum absolute atomic E-state index is 0.511. The number of hydrogen-bond acceptors (Lipinski definition) is 3. The predicted molar refractivity (Wildman–Crippen MR) is 75.3 cm³/mol. The van der Waals surface area contributed by atoms with Gasteiger partial charge in [-0.15, -0.1) is 0 Å². The first kappa shape index (κ1) is 13.6. The summed E-state index contributed by atoms with van der Waals surface area (Å²) >= 11 is 0. The maximum atomic E-state index is 10.2. The number of hydrogen-bond donors (Lipinski definition) is 1. The van der Waals surface area contributed by atoms with E-state index in [9.17, 15) is 5.11 Å². The molecular weight excluding hydrogens is 238 g/mol. The normalized spacial score (nSPS) is 12.2. The Morgan fingerprint density at radius 1 is 1.26 bits per heavy atom. The second-order valence-electron chi connectivity index (χ2n) is 4.51. The van der Waals surface area contributed by atoms with Gasteiger partial charge in [-0.25, -0.2) is 0 Å². The molecule has 1 heterocycles. The van der Waals surface area contributed by atoms with E-state index < -0.39 is 6.10 Å². The topological polar surface area (TPSA) is 42.4 Å². The molecule has 0 aliphatic rings. The van der Waals surface area contributed by atoms with Crippen molar-refractivity contribution in [2.24, 2.45) is 0 Å². The molecule has 1 aromatic carbocycles. The molecule has 0 fully saturated rings. The quantitative estimate of drug-likeness (QED) is 0.895. The molecule has 0 radical (unpaired) electrons. The SMILES string of the molecule is CCc1ccc(CC(O)c2cccc(OC)c2)nc1. The van der Waals surface area contributed by atoms with Crippen molar-refractivity contribution < 1.29 is 9.84 Å². The summed E-state index contributed by atoms with van der Waals surface area (Å²) in [7, 11) is 1.62. The number of aliphatic hydroxyl groups is 1. The lowest BCUT2D eigenvalue weighted by Gasteiger charge is -2.12. The number of aryl methyl sites for hydroxylation is 1. The van der Waals surface area contributed by atoms with Crippen LogP contribution < -0.4 is 4.74 Å². The minimum atomic E-state index is -0.560. The lowest BCUT2D eigenvalue weighted by Crippen LogP contribution is -2.03. The highest BCUT2D eigenvalue weighted by molar-refractivity contribution is 5.30. The fourth-order valence-corrected chi connectivity index (χ4v) is 1.95. The van der Waals surface area contributed by atoms with Crippen LogP contribution in [0.4, 0.5) is 0 Å². The van der Waals surface area contributed by atoms with Crippen molar-refractivity contribution in [2.75, 3.05) is 7.11 Å². The molecule has 3 nitrogen and oxygen atoms in total. The van der Waals surface area contributed by atoms with Gasteiger partial charge in [0.25, 0.3) is 0 Å². The Balaban J connectivity index is 2.08. The maximum absolute atomic E-state index is 10.2. The van der Waals surface area contributed by atoms with Crippen LogP contribution in [0.1, 0.15) is 29.8 Å². The summed E-state index contributed by atoms with van der Waals surface area (Å²) in [5, 5.41) is 10.2. The summed E-state index contributed by atoms with van der Waals surface area (Å²) in [5.74, 6) is 0.755. The van der Waals surface area contributed by atoms with Crippen LogP contribution in [0.3, 0.4) is 0 Å². The lowest BCUT2D eigenvalue weighted by atomic mass is 10.0. The number of nitrogens with zero attached hydrogens (tertiary/aromatic N) is 1. The molecule has 1 aromatic heterocycles. The van der Waals surface area contributed by atoms with Gasteiger partial charge in [0.05, 0.1) is 13.2 Å². The fraction of sp³-hybridized carbons (Fsp3) is 0.312. The molecule has 2 aromatic rings. The first-order valence-corrected chi connectivity index (χ1v) is 6.48. The van der Waals surface area contributed by atoms with Crippen LogP contribution in [0.25, 0.3) is 0 Å². The molecular formula is C16H19NO2. The Bertz CT molecular complexity index is 523. The van der Waals surface area contributed by atoms with Gasteiger partial charge in [0.1, 0.15) is 5.75 Å². The van der Waals surface area contributed by atoms with Gasteiger partial charge in [-0.3, -0.25) is 4.98 Å². The van der Waals surface area contributed by atoms with E-state index in [-0.39, 0.29) is 0 Å². The van der Waals surface area contributed by atoms with Crippen LogP contribution in [0.15, 0.2) is 42.6 Å². The fourth-order valence-electron chi connectivity index (χ4n) is 1.95. The summed E-state index contributed by atoms with van der Waals surface area (Å²) in [4.78, 5) is 4.37. The Kier molecular flexibility index (Phi) is 4.53. The van der Waals surface area contributed by atoms with E-state index in [4.69, 9.17) is 4.74 Å². The molecule has 0 bridgehead atoms. The summed E-state index contributed by atoms with van der Waals surface area (Å²) in [6.07, 6.45) is 2.80. The Morgan fingerprint density at radius 2 is 2.11 bits per heavy atom. The highest BCUT2D eigenvalue weighted by Gasteiger charge is 2.10. The third-order valence-corrected chi connectivity index (χ3v) is 3.18. The van der Waals surface area contributed by atoms with Crippen molar-refractivity contribution in [3.05, 3.63) is 59.4 Å². The Morgan fingerprint density at radius 3 is 2.74 bits per heavy atom. The van der Waals surface area contributed by atoms with Gasteiger partial charge in [0.2, 0.25) is 0 Å². The molecule has 1 atom stereocenters. The number of aliphatic hydroxyl groups excluding tert-OH is 1. The van der Waals surface area contributed by atoms with Gasteiger partial charge in [-0.1, -0.05) is 25.1 Å². The van der Waals surface area contributed by atoms with E-state index in [2.05, 4.69) is 18.0 Å². The van der Waals surface area contributed by atoms with E-state index in [0.717, 1.165) is 23.4 Å². The minimum Gasteiger partial charge on any atom is -0.497 e. The van der Waals surface area contributed by atoms with Gasteiger partial charge in [0.15, 0.2) is 0 Å². The third kappa shape index (κ3) is 3.55. The van der Waals surface area contributed by atoms with E-state index in [1.807, 2.05) is 36.5 Å². The first-order chi connectivity index (χ1) is 9.22. The van der Waals surface area contributed by atoms with Crippen LogP contribution in [0.5, 0.6) is 5.75 Å². The van der Waals surface area contributed by atoms with Crippen molar-refractivity contribution in [3.63, 3.8) is 0 Å². The van der Waals surface area contributed by atoms with E-state index in [1.54, 1.807) is 7.11 Å². The van der Waals surface area contributed by atoms with Crippen LogP contribution in [-0.2, 0) is 12.8 Å². The zero-order valence-electron chi connectivity index (χ0n) is 11.3. The molecule has 2 rings (SSSR count). The molecule has 3 heteroatoms. The molecule has 0 aliphatic heterocycles. The summed E-state index contributed by atoms with van der Waals surface area (Å²) in [5.41, 5.74) is 2.95. The Hall–Kier alpha value is -1.87. The van der Waals surface area contributed by atoms with Crippen LogP contribution in [0, 0.1) is 0 Å². The molecule has 0 saturated carbocycles. The molecule has 0 aliphatic carbocycles. The lowest BCUT2D eigenvalue weighted by molar-refractivity contribution is 0.177.